The lowest BCUT2D eigenvalue weighted by Crippen LogP contribution is -2.16. The fourth-order valence-corrected chi connectivity index (χ4v) is 3.03. The summed E-state index contributed by atoms with van der Waals surface area (Å²) >= 11 is 0. The van der Waals surface area contributed by atoms with Gasteiger partial charge in [-0.2, -0.15) is 0 Å². The molecule has 0 heterocycles. The minimum absolute atomic E-state index is 0.123. The Labute approximate surface area is 149 Å². The lowest BCUT2D eigenvalue weighted by Gasteiger charge is -2.20. The summed E-state index contributed by atoms with van der Waals surface area (Å²) in [5.74, 6) is 2.85. The molecule has 5 heteroatoms. The molecule has 2 N–H and O–H groups in total. The molecule has 1 unspecified atom stereocenters. The smallest absolute Gasteiger partial charge is 0.203 e. The van der Waals surface area contributed by atoms with E-state index in [1.165, 1.54) is 5.56 Å². The molecule has 0 aliphatic carbocycles. The first-order valence-corrected chi connectivity index (χ1v) is 8.21. The first-order chi connectivity index (χ1) is 12.1. The molecule has 0 saturated heterocycles. The molecule has 0 bridgehead atoms. The Kier molecular flexibility index (Phi) is 6.53. The molecule has 0 fully saturated rings. The fraction of sp³-hybridized carbons (Fsp3) is 0.400. The van der Waals surface area contributed by atoms with Gasteiger partial charge in [-0.05, 0) is 49.2 Å². The molecule has 2 rings (SSSR count). The predicted molar refractivity (Wildman–Crippen MR) is 99.3 cm³/mol. The molecule has 0 aliphatic heterocycles. The molecule has 0 aromatic heterocycles. The molecule has 5 nitrogen and oxygen atoms in total. The number of ether oxygens (including phenoxy) is 4. The predicted octanol–water partition coefficient (Wildman–Crippen LogP) is 3.31. The van der Waals surface area contributed by atoms with Crippen molar-refractivity contribution >= 4 is 0 Å². The van der Waals surface area contributed by atoms with Crippen LogP contribution in [0.3, 0.4) is 0 Å². The largest absolute Gasteiger partial charge is 0.496 e. The van der Waals surface area contributed by atoms with E-state index in [4.69, 9.17) is 24.7 Å². The number of benzene rings is 2. The molecule has 25 heavy (non-hydrogen) atoms. The van der Waals surface area contributed by atoms with E-state index >= 15 is 0 Å². The molecular formula is C20H27NO4. The fourth-order valence-electron chi connectivity index (χ4n) is 3.03. The van der Waals surface area contributed by atoms with E-state index in [9.17, 15) is 0 Å². The van der Waals surface area contributed by atoms with Gasteiger partial charge in [0.15, 0.2) is 11.5 Å². The van der Waals surface area contributed by atoms with E-state index < -0.39 is 0 Å². The normalized spacial score (nSPS) is 11.8. The van der Waals surface area contributed by atoms with E-state index in [1.54, 1.807) is 28.4 Å². The summed E-state index contributed by atoms with van der Waals surface area (Å²) < 4.78 is 21.8. The summed E-state index contributed by atoms with van der Waals surface area (Å²) in [6.45, 7) is 2.58. The molecule has 0 aliphatic rings. The van der Waals surface area contributed by atoms with Crippen LogP contribution in [0.1, 0.15) is 22.6 Å². The lowest BCUT2D eigenvalue weighted by molar-refractivity contribution is 0.323. The maximum atomic E-state index is 6.08. The van der Waals surface area contributed by atoms with Crippen molar-refractivity contribution in [2.24, 2.45) is 5.73 Å². The SMILES string of the molecule is COc1ccc(C)cc1C(CN)Cc1cc(OC)c(OC)c(OC)c1. The van der Waals surface area contributed by atoms with Crippen molar-refractivity contribution in [2.45, 2.75) is 19.3 Å². The van der Waals surface area contributed by atoms with E-state index in [0.29, 0.717) is 23.8 Å². The van der Waals surface area contributed by atoms with Crippen LogP contribution in [0, 0.1) is 6.92 Å². The van der Waals surface area contributed by atoms with Crippen LogP contribution >= 0.6 is 0 Å². The third-order valence-electron chi connectivity index (χ3n) is 4.32. The zero-order valence-electron chi connectivity index (χ0n) is 15.6. The topological polar surface area (TPSA) is 62.9 Å². The number of nitrogens with two attached hydrogens (primary N) is 1. The van der Waals surface area contributed by atoms with Gasteiger partial charge in [0.1, 0.15) is 5.75 Å². The average Bonchev–Trinajstić information content (AvgIpc) is 2.64. The molecule has 1 atom stereocenters. The standard InChI is InChI=1S/C20H27NO4/c1-13-6-7-17(22-2)16(8-13)15(12-21)9-14-10-18(23-3)20(25-5)19(11-14)24-4/h6-8,10-11,15H,9,12,21H2,1-5H3. The summed E-state index contributed by atoms with van der Waals surface area (Å²) in [4.78, 5) is 0. The van der Waals surface area contributed by atoms with Gasteiger partial charge in [-0.1, -0.05) is 17.7 Å². The molecule has 136 valence electrons. The van der Waals surface area contributed by atoms with Crippen LogP contribution in [0.5, 0.6) is 23.0 Å². The Morgan fingerprint density at radius 2 is 1.44 bits per heavy atom. The Hall–Kier alpha value is -2.40. The average molecular weight is 345 g/mol. The molecule has 0 radical (unpaired) electrons. The van der Waals surface area contributed by atoms with E-state index in [1.807, 2.05) is 24.3 Å². The second kappa shape index (κ2) is 8.62. The van der Waals surface area contributed by atoms with Crippen molar-refractivity contribution in [3.05, 3.63) is 47.0 Å². The summed E-state index contributed by atoms with van der Waals surface area (Å²) in [6, 6.07) is 10.1. The number of methoxy groups -OCH3 is 4. The Morgan fingerprint density at radius 3 is 1.92 bits per heavy atom. The van der Waals surface area contributed by atoms with E-state index in [-0.39, 0.29) is 5.92 Å². The minimum atomic E-state index is 0.123. The summed E-state index contributed by atoms with van der Waals surface area (Å²) in [5, 5.41) is 0. The third-order valence-corrected chi connectivity index (χ3v) is 4.32. The summed E-state index contributed by atoms with van der Waals surface area (Å²) in [6.07, 6.45) is 0.743. The zero-order valence-corrected chi connectivity index (χ0v) is 15.6. The van der Waals surface area contributed by atoms with Gasteiger partial charge in [0.2, 0.25) is 5.75 Å². The van der Waals surface area contributed by atoms with Crippen molar-refractivity contribution in [2.75, 3.05) is 35.0 Å². The Morgan fingerprint density at radius 1 is 0.840 bits per heavy atom. The van der Waals surface area contributed by atoms with Crippen LogP contribution in [0.2, 0.25) is 0 Å². The van der Waals surface area contributed by atoms with Gasteiger partial charge in [0, 0.05) is 5.92 Å². The number of hydrogen-bond acceptors (Lipinski definition) is 5. The zero-order chi connectivity index (χ0) is 18.4. The van der Waals surface area contributed by atoms with Gasteiger partial charge >= 0.3 is 0 Å². The van der Waals surface area contributed by atoms with Crippen LogP contribution in [-0.2, 0) is 6.42 Å². The highest BCUT2D eigenvalue weighted by atomic mass is 16.5. The van der Waals surface area contributed by atoms with Crippen LogP contribution in [0.4, 0.5) is 0 Å². The second-order valence-corrected chi connectivity index (χ2v) is 5.92. The van der Waals surface area contributed by atoms with Crippen LogP contribution in [0.15, 0.2) is 30.3 Å². The van der Waals surface area contributed by atoms with Crippen molar-refractivity contribution in [3.8, 4) is 23.0 Å². The summed E-state index contributed by atoms with van der Waals surface area (Å²) in [5.41, 5.74) is 9.43. The Bertz CT molecular complexity index is 690. The van der Waals surface area contributed by atoms with Crippen LogP contribution < -0.4 is 24.7 Å². The van der Waals surface area contributed by atoms with Gasteiger partial charge in [0.25, 0.3) is 0 Å². The second-order valence-electron chi connectivity index (χ2n) is 5.92. The van der Waals surface area contributed by atoms with Crippen molar-refractivity contribution in [3.63, 3.8) is 0 Å². The van der Waals surface area contributed by atoms with Crippen molar-refractivity contribution in [1.29, 1.82) is 0 Å². The van der Waals surface area contributed by atoms with E-state index in [0.717, 1.165) is 23.3 Å². The van der Waals surface area contributed by atoms with Crippen LogP contribution in [-0.4, -0.2) is 35.0 Å². The molecule has 2 aromatic carbocycles. The highest BCUT2D eigenvalue weighted by Gasteiger charge is 2.19. The van der Waals surface area contributed by atoms with E-state index in [2.05, 4.69) is 13.0 Å². The monoisotopic (exact) mass is 345 g/mol. The molecular weight excluding hydrogens is 318 g/mol. The van der Waals surface area contributed by atoms with Gasteiger partial charge < -0.3 is 24.7 Å². The van der Waals surface area contributed by atoms with Gasteiger partial charge in [-0.15, -0.1) is 0 Å². The third kappa shape index (κ3) is 4.17. The quantitative estimate of drug-likeness (QED) is 0.795. The van der Waals surface area contributed by atoms with Gasteiger partial charge in [0.05, 0.1) is 28.4 Å². The van der Waals surface area contributed by atoms with Crippen LogP contribution in [0.25, 0.3) is 0 Å². The maximum Gasteiger partial charge on any atom is 0.203 e. The van der Waals surface area contributed by atoms with Crippen molar-refractivity contribution in [1.82, 2.24) is 0 Å². The lowest BCUT2D eigenvalue weighted by atomic mass is 9.90. The minimum Gasteiger partial charge on any atom is -0.496 e. The number of hydrogen-bond donors (Lipinski definition) is 1. The summed E-state index contributed by atoms with van der Waals surface area (Å²) in [7, 11) is 6.51. The van der Waals surface area contributed by atoms with Crippen molar-refractivity contribution < 1.29 is 18.9 Å². The molecule has 0 saturated carbocycles. The molecule has 0 amide bonds. The maximum absolute atomic E-state index is 6.08. The molecule has 0 spiro atoms. The molecule has 2 aromatic rings. The number of rotatable bonds is 8. The highest BCUT2D eigenvalue weighted by Crippen LogP contribution is 2.40. The first-order valence-electron chi connectivity index (χ1n) is 8.21. The highest BCUT2D eigenvalue weighted by molar-refractivity contribution is 5.54. The van der Waals surface area contributed by atoms with Gasteiger partial charge in [-0.25, -0.2) is 0 Å². The van der Waals surface area contributed by atoms with Gasteiger partial charge in [-0.3, -0.25) is 0 Å². The Balaban J connectivity index is 2.41. The first kappa shape index (κ1) is 18.9. The number of aryl methyl sites for hydroxylation is 1.